The van der Waals surface area contributed by atoms with Gasteiger partial charge >= 0.3 is 0 Å². The molecule has 0 unspecified atom stereocenters. The van der Waals surface area contributed by atoms with Crippen LogP contribution in [0.15, 0.2) is 77.4 Å². The van der Waals surface area contributed by atoms with Gasteiger partial charge in [-0.05, 0) is 48.2 Å². The maximum atomic E-state index is 12.6. The van der Waals surface area contributed by atoms with Crippen molar-refractivity contribution in [3.05, 3.63) is 112 Å². The van der Waals surface area contributed by atoms with E-state index in [1.54, 1.807) is 0 Å². The molecule has 7 heteroatoms. The Labute approximate surface area is 210 Å². The lowest BCUT2D eigenvalue weighted by molar-refractivity contribution is 0.0945. The number of nitrogens with one attached hydrogen (secondary N) is 1. The van der Waals surface area contributed by atoms with Crippen LogP contribution in [0, 0.1) is 13.8 Å². The zero-order valence-corrected chi connectivity index (χ0v) is 20.5. The Hall–Kier alpha value is -4.10. The van der Waals surface area contributed by atoms with Crippen LogP contribution >= 0.6 is 0 Å². The Bertz CT molecular complexity index is 1350. The Kier molecular flexibility index (Phi) is 7.00. The first-order valence-corrected chi connectivity index (χ1v) is 12.0. The molecule has 1 N–H and O–H groups in total. The molecular formula is C29H29N3O4. The lowest BCUT2D eigenvalue weighted by Gasteiger charge is -2.22. The summed E-state index contributed by atoms with van der Waals surface area (Å²) < 4.78 is 16.7. The van der Waals surface area contributed by atoms with E-state index in [0.717, 1.165) is 22.6 Å². The molecule has 3 aromatic carbocycles. The van der Waals surface area contributed by atoms with E-state index in [9.17, 15) is 4.79 Å². The molecule has 0 spiro atoms. The standard InChI is InChI=1S/C29H29N3O4/c1-20-8-10-24(21(2)12-20)16-32(15-23-9-11-26-27(13-23)36-19-35-26)17-28-31-25(18-34-28)29(33)30-14-22-6-4-3-5-7-22/h3-13,18H,14-17,19H2,1-2H3,(H,30,33). The van der Waals surface area contributed by atoms with Crippen molar-refractivity contribution in [2.45, 2.75) is 40.0 Å². The summed E-state index contributed by atoms with van der Waals surface area (Å²) in [4.78, 5) is 19.3. The van der Waals surface area contributed by atoms with Crippen LogP contribution in [0.25, 0.3) is 0 Å². The van der Waals surface area contributed by atoms with E-state index < -0.39 is 0 Å². The maximum absolute atomic E-state index is 12.6. The summed E-state index contributed by atoms with van der Waals surface area (Å²) in [5.74, 6) is 1.75. The normalized spacial score (nSPS) is 12.2. The van der Waals surface area contributed by atoms with Crippen LogP contribution in [0.3, 0.4) is 0 Å². The highest BCUT2D eigenvalue weighted by Gasteiger charge is 2.18. The van der Waals surface area contributed by atoms with Gasteiger partial charge in [-0.25, -0.2) is 4.98 Å². The van der Waals surface area contributed by atoms with Crippen molar-refractivity contribution in [1.82, 2.24) is 15.2 Å². The second kappa shape index (κ2) is 10.7. The number of ether oxygens (including phenoxy) is 2. The minimum absolute atomic E-state index is 0.247. The summed E-state index contributed by atoms with van der Waals surface area (Å²) in [5.41, 5.74) is 6.09. The summed E-state index contributed by atoms with van der Waals surface area (Å²) in [5, 5.41) is 2.90. The number of amides is 1. The van der Waals surface area contributed by atoms with Crippen molar-refractivity contribution in [1.29, 1.82) is 0 Å². The van der Waals surface area contributed by atoms with Gasteiger partial charge in [0.1, 0.15) is 6.26 Å². The van der Waals surface area contributed by atoms with Crippen LogP contribution < -0.4 is 14.8 Å². The summed E-state index contributed by atoms with van der Waals surface area (Å²) in [6.45, 7) is 6.72. The number of hydrogen-bond acceptors (Lipinski definition) is 6. The van der Waals surface area contributed by atoms with Gasteiger partial charge in [-0.3, -0.25) is 9.69 Å². The van der Waals surface area contributed by atoms with E-state index in [1.165, 1.54) is 23.0 Å². The molecule has 184 valence electrons. The van der Waals surface area contributed by atoms with Crippen molar-refractivity contribution >= 4 is 5.91 Å². The molecule has 0 saturated heterocycles. The number of hydrogen-bond donors (Lipinski definition) is 1. The molecule has 4 aromatic rings. The Morgan fingerprint density at radius 2 is 1.75 bits per heavy atom. The third-order valence-corrected chi connectivity index (χ3v) is 6.17. The summed E-state index contributed by atoms with van der Waals surface area (Å²) in [6.07, 6.45) is 1.42. The Morgan fingerprint density at radius 1 is 0.917 bits per heavy atom. The van der Waals surface area contributed by atoms with Gasteiger partial charge in [0.15, 0.2) is 17.2 Å². The van der Waals surface area contributed by atoms with Gasteiger partial charge < -0.3 is 19.2 Å². The van der Waals surface area contributed by atoms with Crippen molar-refractivity contribution in [2.75, 3.05) is 6.79 Å². The second-order valence-corrected chi connectivity index (χ2v) is 9.06. The fraction of sp³-hybridized carbons (Fsp3) is 0.241. The molecule has 1 aromatic heterocycles. The number of aromatic nitrogens is 1. The topological polar surface area (TPSA) is 76.8 Å². The van der Waals surface area contributed by atoms with Gasteiger partial charge in [-0.2, -0.15) is 0 Å². The molecule has 0 saturated carbocycles. The number of oxazole rings is 1. The van der Waals surface area contributed by atoms with Crippen LogP contribution in [0.4, 0.5) is 0 Å². The van der Waals surface area contributed by atoms with Gasteiger partial charge in [-0.1, -0.05) is 60.2 Å². The zero-order chi connectivity index (χ0) is 24.9. The number of nitrogens with zero attached hydrogens (tertiary/aromatic N) is 2. The lowest BCUT2D eigenvalue weighted by atomic mass is 10.0. The van der Waals surface area contributed by atoms with Crippen molar-refractivity contribution < 1.29 is 18.7 Å². The minimum Gasteiger partial charge on any atom is -0.454 e. The number of carbonyl (C=O) groups is 1. The van der Waals surface area contributed by atoms with Gasteiger partial charge in [0.2, 0.25) is 12.7 Å². The van der Waals surface area contributed by atoms with Gasteiger partial charge in [-0.15, -0.1) is 0 Å². The highest BCUT2D eigenvalue weighted by atomic mass is 16.7. The Balaban J connectivity index is 1.30. The van der Waals surface area contributed by atoms with Crippen LogP contribution in [0.1, 0.15) is 44.2 Å². The van der Waals surface area contributed by atoms with Crippen molar-refractivity contribution in [2.24, 2.45) is 0 Å². The largest absolute Gasteiger partial charge is 0.454 e. The summed E-state index contributed by atoms with van der Waals surface area (Å²) in [6, 6.07) is 22.2. The van der Waals surface area contributed by atoms with Crippen LogP contribution in [0.2, 0.25) is 0 Å². The smallest absolute Gasteiger partial charge is 0.273 e. The molecule has 5 rings (SSSR count). The van der Waals surface area contributed by atoms with E-state index in [1.807, 2.05) is 48.5 Å². The second-order valence-electron chi connectivity index (χ2n) is 9.06. The molecule has 2 heterocycles. The van der Waals surface area contributed by atoms with Crippen LogP contribution in [0.5, 0.6) is 11.5 Å². The fourth-order valence-electron chi connectivity index (χ4n) is 4.28. The van der Waals surface area contributed by atoms with Crippen LogP contribution in [-0.2, 0) is 26.2 Å². The molecule has 0 bridgehead atoms. The highest BCUT2D eigenvalue weighted by Crippen LogP contribution is 2.33. The summed E-state index contributed by atoms with van der Waals surface area (Å²) in [7, 11) is 0. The molecule has 0 radical (unpaired) electrons. The first-order chi connectivity index (χ1) is 17.5. The number of benzene rings is 3. The van der Waals surface area contributed by atoms with E-state index in [0.29, 0.717) is 32.1 Å². The number of carbonyl (C=O) groups excluding carboxylic acids is 1. The molecular weight excluding hydrogens is 454 g/mol. The molecule has 0 fully saturated rings. The number of rotatable bonds is 9. The fourth-order valence-corrected chi connectivity index (χ4v) is 4.28. The van der Waals surface area contributed by atoms with E-state index in [4.69, 9.17) is 13.9 Å². The average Bonchev–Trinajstić information content (AvgIpc) is 3.54. The quantitative estimate of drug-likeness (QED) is 0.355. The van der Waals surface area contributed by atoms with Gasteiger partial charge in [0.25, 0.3) is 5.91 Å². The van der Waals surface area contributed by atoms with Gasteiger partial charge in [0.05, 0.1) is 6.54 Å². The van der Waals surface area contributed by atoms with Crippen LogP contribution in [-0.4, -0.2) is 22.6 Å². The van der Waals surface area contributed by atoms with E-state index >= 15 is 0 Å². The minimum atomic E-state index is -0.259. The number of fused-ring (bicyclic) bond motifs is 1. The van der Waals surface area contributed by atoms with Crippen molar-refractivity contribution in [3.8, 4) is 11.5 Å². The molecule has 1 aliphatic heterocycles. The third-order valence-electron chi connectivity index (χ3n) is 6.17. The first kappa shape index (κ1) is 23.6. The predicted molar refractivity (Wildman–Crippen MR) is 136 cm³/mol. The van der Waals surface area contributed by atoms with E-state index in [-0.39, 0.29) is 18.4 Å². The third kappa shape index (κ3) is 5.75. The molecule has 7 nitrogen and oxygen atoms in total. The van der Waals surface area contributed by atoms with Crippen molar-refractivity contribution in [3.63, 3.8) is 0 Å². The Morgan fingerprint density at radius 3 is 2.58 bits per heavy atom. The molecule has 1 aliphatic rings. The molecule has 0 aliphatic carbocycles. The number of aryl methyl sites for hydroxylation is 2. The van der Waals surface area contributed by atoms with E-state index in [2.05, 4.69) is 47.2 Å². The average molecular weight is 484 g/mol. The zero-order valence-electron chi connectivity index (χ0n) is 20.5. The highest BCUT2D eigenvalue weighted by molar-refractivity contribution is 5.91. The SMILES string of the molecule is Cc1ccc(CN(Cc2ccc3c(c2)OCO3)Cc2nc(C(=O)NCc3ccccc3)co2)c(C)c1. The summed E-state index contributed by atoms with van der Waals surface area (Å²) >= 11 is 0. The molecule has 0 atom stereocenters. The maximum Gasteiger partial charge on any atom is 0.273 e. The predicted octanol–water partition coefficient (Wildman–Crippen LogP) is 5.15. The molecule has 36 heavy (non-hydrogen) atoms. The first-order valence-electron chi connectivity index (χ1n) is 12.0. The monoisotopic (exact) mass is 483 g/mol. The molecule has 1 amide bonds. The lowest BCUT2D eigenvalue weighted by Crippen LogP contribution is -2.24. The van der Waals surface area contributed by atoms with Gasteiger partial charge in [0, 0.05) is 19.6 Å².